The van der Waals surface area contributed by atoms with Gasteiger partial charge >= 0.3 is 0 Å². The van der Waals surface area contributed by atoms with E-state index in [1.54, 1.807) is 0 Å². The summed E-state index contributed by atoms with van der Waals surface area (Å²) in [6.45, 7) is 15.9. The van der Waals surface area contributed by atoms with E-state index in [2.05, 4.69) is 37.5 Å². The summed E-state index contributed by atoms with van der Waals surface area (Å²) in [4.78, 5) is 7.00. The van der Waals surface area contributed by atoms with Crippen molar-refractivity contribution in [1.82, 2.24) is 14.7 Å². The summed E-state index contributed by atoms with van der Waals surface area (Å²) < 4.78 is 26.0. The molecule has 0 atom stereocenters. The van der Waals surface area contributed by atoms with Crippen molar-refractivity contribution in [3.8, 4) is 0 Å². The van der Waals surface area contributed by atoms with Crippen LogP contribution in [0.5, 0.6) is 0 Å². The number of alkyl halides is 2. The Hall–Kier alpha value is -0.260. The van der Waals surface area contributed by atoms with Crippen molar-refractivity contribution in [3.63, 3.8) is 0 Å². The molecular formula is C18H37F2N3. The van der Waals surface area contributed by atoms with Gasteiger partial charge in [-0.15, -0.1) is 0 Å². The lowest BCUT2D eigenvalue weighted by Crippen LogP contribution is -2.54. The number of hydrogen-bond donors (Lipinski definition) is 0. The number of piperidine rings is 1. The third-order valence-electron chi connectivity index (χ3n) is 4.65. The molecule has 138 valence electrons. The maximum atomic E-state index is 13.0. The summed E-state index contributed by atoms with van der Waals surface area (Å²) in [5.41, 5.74) is 0. The minimum absolute atomic E-state index is 0.0825. The van der Waals surface area contributed by atoms with Crippen molar-refractivity contribution in [2.75, 3.05) is 45.8 Å². The molecule has 0 saturated carbocycles. The highest BCUT2D eigenvalue weighted by atomic mass is 19.3. The van der Waals surface area contributed by atoms with Gasteiger partial charge in [-0.3, -0.25) is 14.7 Å². The van der Waals surface area contributed by atoms with Crippen LogP contribution in [0.25, 0.3) is 0 Å². The average Bonchev–Trinajstić information content (AvgIpc) is 2.47. The lowest BCUT2D eigenvalue weighted by atomic mass is 10.0. The third kappa shape index (κ3) is 7.90. The molecule has 0 aromatic carbocycles. The maximum absolute atomic E-state index is 13.0. The van der Waals surface area contributed by atoms with Crippen molar-refractivity contribution < 1.29 is 8.78 Å². The molecule has 2 saturated heterocycles. The van der Waals surface area contributed by atoms with Crippen LogP contribution >= 0.6 is 0 Å². The van der Waals surface area contributed by atoms with Crippen molar-refractivity contribution in [2.24, 2.45) is 0 Å². The fourth-order valence-electron chi connectivity index (χ4n) is 3.45. The molecule has 2 fully saturated rings. The quantitative estimate of drug-likeness (QED) is 0.779. The lowest BCUT2D eigenvalue weighted by Gasteiger charge is -2.44. The second kappa shape index (κ2) is 9.90. The van der Waals surface area contributed by atoms with E-state index in [-0.39, 0.29) is 6.54 Å². The number of piperazine rings is 1. The highest BCUT2D eigenvalue weighted by Gasteiger charge is 2.31. The van der Waals surface area contributed by atoms with Gasteiger partial charge in [0.1, 0.15) is 0 Å². The normalized spacial score (nSPS) is 23.0. The Balaban J connectivity index is 0.000000816. The van der Waals surface area contributed by atoms with Gasteiger partial charge in [0, 0.05) is 45.2 Å². The molecule has 5 heteroatoms. The SMILES string of the molecule is CC(C)N1CCN(C2CCN(CC(C)(F)F)CC2)CC1.CCC. The summed E-state index contributed by atoms with van der Waals surface area (Å²) in [5.74, 6) is -2.56. The molecule has 0 aromatic rings. The second-order valence-electron chi connectivity index (χ2n) is 7.45. The smallest absolute Gasteiger partial charge is 0.257 e. The highest BCUT2D eigenvalue weighted by molar-refractivity contribution is 4.85. The zero-order valence-corrected chi connectivity index (χ0v) is 15.8. The first-order valence-corrected chi connectivity index (χ1v) is 9.35. The van der Waals surface area contributed by atoms with Gasteiger partial charge in [0.2, 0.25) is 0 Å². The number of rotatable bonds is 4. The Kier molecular flexibility index (Phi) is 8.94. The number of likely N-dealkylation sites (tertiary alicyclic amines) is 1. The van der Waals surface area contributed by atoms with E-state index < -0.39 is 5.92 Å². The second-order valence-corrected chi connectivity index (χ2v) is 7.45. The standard InChI is InChI=1S/C15H29F2N3.C3H8/c1-13(2)19-8-10-20(11-9-19)14-4-6-18(7-5-14)12-15(3,16)17;1-3-2/h13-14H,4-12H2,1-3H3;3H2,1-2H3. The predicted octanol–water partition coefficient (Wildman–Crippen LogP) is 3.55. The molecule has 0 aromatic heterocycles. The van der Waals surface area contributed by atoms with E-state index in [0.717, 1.165) is 59.0 Å². The van der Waals surface area contributed by atoms with Crippen LogP contribution in [0.1, 0.15) is 53.9 Å². The van der Waals surface area contributed by atoms with Gasteiger partial charge in [0.15, 0.2) is 0 Å². The van der Waals surface area contributed by atoms with Crippen LogP contribution in [0, 0.1) is 0 Å². The van der Waals surface area contributed by atoms with Crippen molar-refractivity contribution >= 4 is 0 Å². The van der Waals surface area contributed by atoms with E-state index in [9.17, 15) is 8.78 Å². The Labute approximate surface area is 142 Å². The van der Waals surface area contributed by atoms with Crippen molar-refractivity contribution in [1.29, 1.82) is 0 Å². The van der Waals surface area contributed by atoms with E-state index in [1.165, 1.54) is 6.42 Å². The minimum atomic E-state index is -2.56. The first kappa shape index (κ1) is 20.8. The Morgan fingerprint density at radius 1 is 0.957 bits per heavy atom. The summed E-state index contributed by atoms with van der Waals surface area (Å²) >= 11 is 0. The first-order chi connectivity index (χ1) is 10.8. The molecule has 0 amide bonds. The average molecular weight is 334 g/mol. The molecule has 0 bridgehead atoms. The Bertz CT molecular complexity index is 302. The summed E-state index contributed by atoms with van der Waals surface area (Å²) in [6.07, 6.45) is 3.33. The van der Waals surface area contributed by atoms with Crippen LogP contribution in [0.15, 0.2) is 0 Å². The van der Waals surface area contributed by atoms with Crippen LogP contribution in [-0.2, 0) is 0 Å². The predicted molar refractivity (Wildman–Crippen MR) is 94.3 cm³/mol. The third-order valence-corrected chi connectivity index (χ3v) is 4.65. The van der Waals surface area contributed by atoms with Crippen LogP contribution in [0.2, 0.25) is 0 Å². The monoisotopic (exact) mass is 333 g/mol. The minimum Gasteiger partial charge on any atom is -0.298 e. The highest BCUT2D eigenvalue weighted by Crippen LogP contribution is 2.22. The molecule has 23 heavy (non-hydrogen) atoms. The zero-order valence-electron chi connectivity index (χ0n) is 15.8. The van der Waals surface area contributed by atoms with Gasteiger partial charge in [-0.05, 0) is 39.8 Å². The largest absolute Gasteiger partial charge is 0.298 e. The Morgan fingerprint density at radius 3 is 1.83 bits per heavy atom. The van der Waals surface area contributed by atoms with Gasteiger partial charge in [-0.1, -0.05) is 20.3 Å². The molecule has 2 heterocycles. The van der Waals surface area contributed by atoms with Crippen molar-refractivity contribution in [2.45, 2.75) is 71.9 Å². The topological polar surface area (TPSA) is 9.72 Å². The fourth-order valence-corrected chi connectivity index (χ4v) is 3.45. The summed E-state index contributed by atoms with van der Waals surface area (Å²) in [5, 5.41) is 0. The number of halogens is 2. The van der Waals surface area contributed by atoms with Gasteiger partial charge in [0.25, 0.3) is 5.92 Å². The number of hydrogen-bond acceptors (Lipinski definition) is 3. The van der Waals surface area contributed by atoms with Gasteiger partial charge in [-0.2, -0.15) is 0 Å². The molecule has 0 aliphatic carbocycles. The number of nitrogens with zero attached hydrogens (tertiary/aromatic N) is 3. The van der Waals surface area contributed by atoms with E-state index in [0.29, 0.717) is 12.1 Å². The van der Waals surface area contributed by atoms with E-state index in [4.69, 9.17) is 0 Å². The van der Waals surface area contributed by atoms with Gasteiger partial charge in [-0.25, -0.2) is 8.78 Å². The molecule has 2 rings (SSSR count). The van der Waals surface area contributed by atoms with Crippen LogP contribution in [0.3, 0.4) is 0 Å². The summed E-state index contributed by atoms with van der Waals surface area (Å²) in [6, 6.07) is 1.23. The van der Waals surface area contributed by atoms with Crippen LogP contribution in [0.4, 0.5) is 8.78 Å². The summed E-state index contributed by atoms with van der Waals surface area (Å²) in [7, 11) is 0. The Morgan fingerprint density at radius 2 is 1.43 bits per heavy atom. The maximum Gasteiger partial charge on any atom is 0.257 e. The zero-order chi connectivity index (χ0) is 17.5. The van der Waals surface area contributed by atoms with Crippen LogP contribution < -0.4 is 0 Å². The van der Waals surface area contributed by atoms with Gasteiger partial charge in [0.05, 0.1) is 6.54 Å². The molecule has 0 spiro atoms. The van der Waals surface area contributed by atoms with Crippen molar-refractivity contribution in [3.05, 3.63) is 0 Å². The van der Waals surface area contributed by atoms with E-state index >= 15 is 0 Å². The molecule has 0 N–H and O–H groups in total. The first-order valence-electron chi connectivity index (χ1n) is 9.35. The molecular weight excluding hydrogens is 296 g/mol. The van der Waals surface area contributed by atoms with Crippen LogP contribution in [-0.4, -0.2) is 78.5 Å². The molecule has 3 nitrogen and oxygen atoms in total. The molecule has 0 radical (unpaired) electrons. The van der Waals surface area contributed by atoms with E-state index in [1.807, 2.05) is 4.90 Å². The molecule has 2 aliphatic heterocycles. The molecule has 2 aliphatic rings. The van der Waals surface area contributed by atoms with Gasteiger partial charge < -0.3 is 0 Å². The molecule has 0 unspecified atom stereocenters. The fraction of sp³-hybridized carbons (Fsp3) is 1.00. The lowest BCUT2D eigenvalue weighted by molar-refractivity contribution is -0.0285.